The molecule has 1 amide bonds. The van der Waals surface area contributed by atoms with Gasteiger partial charge < -0.3 is 19.3 Å². The Kier molecular flexibility index (Phi) is 5.81. The molecule has 0 N–H and O–H groups in total. The largest absolute Gasteiger partial charge is 0.383 e. The zero-order valence-electron chi connectivity index (χ0n) is 14.4. The molecular formula is C18H27N3O3. The number of hydrogen-bond donors (Lipinski definition) is 0. The molecule has 0 unspecified atom stereocenters. The van der Waals surface area contributed by atoms with Crippen LogP contribution in [0, 0.1) is 0 Å². The van der Waals surface area contributed by atoms with Crippen molar-refractivity contribution in [2.45, 2.75) is 24.9 Å². The van der Waals surface area contributed by atoms with E-state index in [0.717, 1.165) is 44.6 Å². The van der Waals surface area contributed by atoms with Gasteiger partial charge in [-0.1, -0.05) is 6.07 Å². The number of hydrogen-bond acceptors (Lipinski definition) is 5. The number of methoxy groups -OCH3 is 1. The van der Waals surface area contributed by atoms with Gasteiger partial charge in [0.15, 0.2) is 0 Å². The van der Waals surface area contributed by atoms with Crippen molar-refractivity contribution in [2.75, 3.05) is 53.0 Å². The highest BCUT2D eigenvalue weighted by Crippen LogP contribution is 2.30. The third-order valence-corrected chi connectivity index (χ3v) is 5.06. The Morgan fingerprint density at radius 3 is 2.92 bits per heavy atom. The molecule has 2 fully saturated rings. The van der Waals surface area contributed by atoms with Crippen molar-refractivity contribution in [1.29, 1.82) is 0 Å². The zero-order valence-corrected chi connectivity index (χ0v) is 14.4. The van der Waals surface area contributed by atoms with E-state index < -0.39 is 0 Å². The van der Waals surface area contributed by atoms with Crippen LogP contribution in [0.4, 0.5) is 0 Å². The van der Waals surface area contributed by atoms with Gasteiger partial charge in [-0.05, 0) is 24.5 Å². The molecule has 2 aliphatic rings. The molecule has 0 aromatic carbocycles. The molecule has 1 aromatic rings. The standard InChI is InChI=1S/C18H27N3O3/c1-23-11-9-20-7-4-18(5-8-20)15-21(10-12-24-18)17(22)13-16-3-2-6-19-14-16/h2-3,6,14H,4-5,7-13,15H2,1H3. The van der Waals surface area contributed by atoms with Gasteiger partial charge in [0, 0.05) is 52.2 Å². The lowest BCUT2D eigenvalue weighted by Gasteiger charge is -2.47. The van der Waals surface area contributed by atoms with Crippen molar-refractivity contribution in [3.63, 3.8) is 0 Å². The van der Waals surface area contributed by atoms with Crippen LogP contribution < -0.4 is 0 Å². The Labute approximate surface area is 143 Å². The predicted molar refractivity (Wildman–Crippen MR) is 90.8 cm³/mol. The number of carbonyl (C=O) groups is 1. The summed E-state index contributed by atoms with van der Waals surface area (Å²) in [7, 11) is 1.74. The first-order valence-corrected chi connectivity index (χ1v) is 8.73. The number of likely N-dealkylation sites (tertiary alicyclic amines) is 1. The van der Waals surface area contributed by atoms with Crippen LogP contribution in [-0.2, 0) is 20.7 Å². The van der Waals surface area contributed by atoms with E-state index in [1.807, 2.05) is 17.0 Å². The molecule has 1 aromatic heterocycles. The number of nitrogens with zero attached hydrogens (tertiary/aromatic N) is 3. The topological polar surface area (TPSA) is 54.9 Å². The third kappa shape index (κ3) is 4.32. The van der Waals surface area contributed by atoms with E-state index in [4.69, 9.17) is 9.47 Å². The summed E-state index contributed by atoms with van der Waals surface area (Å²) in [5.41, 5.74) is 0.810. The average molecular weight is 333 g/mol. The molecule has 0 bridgehead atoms. The van der Waals surface area contributed by atoms with Crippen molar-refractivity contribution in [3.8, 4) is 0 Å². The lowest BCUT2D eigenvalue weighted by Crippen LogP contribution is -2.58. The SMILES string of the molecule is COCCN1CCC2(CC1)CN(C(=O)Cc1cccnc1)CCO2. The Morgan fingerprint density at radius 2 is 2.21 bits per heavy atom. The maximum Gasteiger partial charge on any atom is 0.227 e. The van der Waals surface area contributed by atoms with Crippen LogP contribution in [0.2, 0.25) is 0 Å². The van der Waals surface area contributed by atoms with Gasteiger partial charge in [0.05, 0.1) is 25.2 Å². The summed E-state index contributed by atoms with van der Waals surface area (Å²) >= 11 is 0. The lowest BCUT2D eigenvalue weighted by atomic mass is 9.89. The van der Waals surface area contributed by atoms with E-state index in [1.54, 1.807) is 19.5 Å². The van der Waals surface area contributed by atoms with Crippen LogP contribution in [0.1, 0.15) is 18.4 Å². The third-order valence-electron chi connectivity index (χ3n) is 5.06. The number of carbonyl (C=O) groups excluding carboxylic acids is 1. The van der Waals surface area contributed by atoms with Gasteiger partial charge in [-0.2, -0.15) is 0 Å². The van der Waals surface area contributed by atoms with E-state index in [9.17, 15) is 4.79 Å². The number of aromatic nitrogens is 1. The first kappa shape index (κ1) is 17.3. The molecule has 132 valence electrons. The number of amides is 1. The van der Waals surface area contributed by atoms with E-state index in [-0.39, 0.29) is 11.5 Å². The van der Waals surface area contributed by atoms with Crippen LogP contribution in [0.15, 0.2) is 24.5 Å². The molecule has 0 radical (unpaired) electrons. The van der Waals surface area contributed by atoms with Gasteiger partial charge in [0.25, 0.3) is 0 Å². The van der Waals surface area contributed by atoms with Gasteiger partial charge in [0.2, 0.25) is 5.91 Å². The second-order valence-corrected chi connectivity index (χ2v) is 6.72. The summed E-state index contributed by atoms with van der Waals surface area (Å²) in [6.45, 7) is 5.79. The smallest absolute Gasteiger partial charge is 0.227 e. The molecule has 0 atom stereocenters. The molecule has 6 heteroatoms. The van der Waals surface area contributed by atoms with Crippen LogP contribution in [0.25, 0.3) is 0 Å². The normalized spacial score (nSPS) is 21.1. The summed E-state index contributed by atoms with van der Waals surface area (Å²) in [4.78, 5) is 21.1. The van der Waals surface area contributed by atoms with Crippen LogP contribution >= 0.6 is 0 Å². The van der Waals surface area contributed by atoms with Gasteiger partial charge in [0.1, 0.15) is 0 Å². The first-order chi connectivity index (χ1) is 11.7. The molecule has 3 rings (SSSR count). The number of pyridine rings is 1. The average Bonchev–Trinajstić information content (AvgIpc) is 2.62. The highest BCUT2D eigenvalue weighted by Gasteiger charge is 2.40. The summed E-state index contributed by atoms with van der Waals surface area (Å²) in [6.07, 6.45) is 5.88. The van der Waals surface area contributed by atoms with Crippen molar-refractivity contribution in [3.05, 3.63) is 30.1 Å². The van der Waals surface area contributed by atoms with Crippen LogP contribution in [-0.4, -0.2) is 79.3 Å². The number of piperidine rings is 1. The highest BCUT2D eigenvalue weighted by atomic mass is 16.5. The predicted octanol–water partition coefficient (Wildman–Crippen LogP) is 0.964. The summed E-state index contributed by atoms with van der Waals surface area (Å²) in [5.74, 6) is 0.174. The summed E-state index contributed by atoms with van der Waals surface area (Å²) in [6, 6.07) is 3.83. The molecule has 2 saturated heterocycles. The fourth-order valence-electron chi connectivity index (χ4n) is 3.55. The van der Waals surface area contributed by atoms with E-state index in [2.05, 4.69) is 9.88 Å². The van der Waals surface area contributed by atoms with Gasteiger partial charge in [-0.25, -0.2) is 0 Å². The van der Waals surface area contributed by atoms with Gasteiger partial charge >= 0.3 is 0 Å². The second kappa shape index (κ2) is 8.05. The van der Waals surface area contributed by atoms with Crippen LogP contribution in [0.5, 0.6) is 0 Å². The quantitative estimate of drug-likeness (QED) is 0.803. The fraction of sp³-hybridized carbons (Fsp3) is 0.667. The van der Waals surface area contributed by atoms with Crippen molar-refractivity contribution in [2.24, 2.45) is 0 Å². The molecule has 0 saturated carbocycles. The fourth-order valence-corrected chi connectivity index (χ4v) is 3.55. The van der Waals surface area contributed by atoms with Crippen molar-refractivity contribution < 1.29 is 14.3 Å². The number of rotatable bonds is 5. The molecule has 6 nitrogen and oxygen atoms in total. The van der Waals surface area contributed by atoms with E-state index in [1.165, 1.54) is 0 Å². The van der Waals surface area contributed by atoms with Crippen molar-refractivity contribution >= 4 is 5.91 Å². The van der Waals surface area contributed by atoms with E-state index in [0.29, 0.717) is 26.1 Å². The first-order valence-electron chi connectivity index (χ1n) is 8.73. The lowest BCUT2D eigenvalue weighted by molar-refractivity contribution is -0.159. The molecule has 1 spiro atoms. The monoisotopic (exact) mass is 333 g/mol. The van der Waals surface area contributed by atoms with E-state index >= 15 is 0 Å². The van der Waals surface area contributed by atoms with Gasteiger partial charge in [-0.3, -0.25) is 9.78 Å². The Bertz CT molecular complexity index is 530. The zero-order chi connectivity index (χ0) is 16.8. The minimum absolute atomic E-state index is 0.160. The summed E-state index contributed by atoms with van der Waals surface area (Å²) < 4.78 is 11.3. The Morgan fingerprint density at radius 1 is 1.38 bits per heavy atom. The molecule has 24 heavy (non-hydrogen) atoms. The Balaban J connectivity index is 1.54. The minimum Gasteiger partial charge on any atom is -0.383 e. The molecule has 3 heterocycles. The molecule has 2 aliphatic heterocycles. The Hall–Kier alpha value is -1.50. The number of morpholine rings is 1. The highest BCUT2D eigenvalue weighted by molar-refractivity contribution is 5.78. The maximum atomic E-state index is 12.6. The van der Waals surface area contributed by atoms with Crippen LogP contribution in [0.3, 0.4) is 0 Å². The maximum absolute atomic E-state index is 12.6. The van der Waals surface area contributed by atoms with Gasteiger partial charge in [-0.15, -0.1) is 0 Å². The van der Waals surface area contributed by atoms with Crippen molar-refractivity contribution in [1.82, 2.24) is 14.8 Å². The molecular weight excluding hydrogens is 306 g/mol. The summed E-state index contributed by atoms with van der Waals surface area (Å²) in [5, 5.41) is 0. The molecule has 0 aliphatic carbocycles. The second-order valence-electron chi connectivity index (χ2n) is 6.72. The number of ether oxygens (including phenoxy) is 2. The minimum atomic E-state index is -0.160.